The van der Waals surface area contributed by atoms with Gasteiger partial charge in [0, 0.05) is 18.7 Å². The molecule has 0 amide bonds. The highest BCUT2D eigenvalue weighted by Gasteiger charge is 2.12. The van der Waals surface area contributed by atoms with Crippen LogP contribution in [0.15, 0.2) is 22.7 Å². The van der Waals surface area contributed by atoms with E-state index in [2.05, 4.69) is 10.2 Å². The highest BCUT2D eigenvalue weighted by atomic mass is 16.3. The van der Waals surface area contributed by atoms with Crippen molar-refractivity contribution in [3.8, 4) is 11.5 Å². The summed E-state index contributed by atoms with van der Waals surface area (Å²) in [7, 11) is 1.96. The Hall–Kier alpha value is -1.59. The third kappa shape index (κ3) is 2.75. The number of rotatable bonds is 5. The third-order valence-electron chi connectivity index (χ3n) is 2.63. The fourth-order valence-corrected chi connectivity index (χ4v) is 1.75. The van der Waals surface area contributed by atoms with Crippen molar-refractivity contribution in [2.75, 3.05) is 20.2 Å². The maximum absolute atomic E-state index is 8.87. The Bertz CT molecular complexity index is 476. The Labute approximate surface area is 100 Å². The summed E-state index contributed by atoms with van der Waals surface area (Å²) in [6.07, 6.45) is 1.79. The lowest BCUT2D eigenvalue weighted by Crippen LogP contribution is -2.21. The Kier molecular flexibility index (Phi) is 3.61. The van der Waals surface area contributed by atoms with Gasteiger partial charge in [-0.05, 0) is 26.1 Å². The van der Waals surface area contributed by atoms with E-state index in [1.165, 1.54) is 0 Å². The van der Waals surface area contributed by atoms with Gasteiger partial charge in [-0.2, -0.15) is 5.10 Å². The second kappa shape index (κ2) is 5.16. The Morgan fingerprint density at radius 2 is 2.29 bits per heavy atom. The van der Waals surface area contributed by atoms with Gasteiger partial charge in [-0.1, -0.05) is 0 Å². The second-order valence-corrected chi connectivity index (χ2v) is 4.14. The first-order valence-electron chi connectivity index (χ1n) is 5.59. The Balaban J connectivity index is 2.17. The molecule has 0 saturated heterocycles. The summed E-state index contributed by atoms with van der Waals surface area (Å²) in [5.74, 6) is 1.68. The summed E-state index contributed by atoms with van der Waals surface area (Å²) in [4.78, 5) is 2.03. The van der Waals surface area contributed by atoms with Crippen molar-refractivity contribution in [3.05, 3.63) is 29.7 Å². The smallest absolute Gasteiger partial charge is 0.152 e. The average Bonchev–Trinajstić information content (AvgIpc) is 2.87. The van der Waals surface area contributed by atoms with Crippen molar-refractivity contribution in [1.29, 1.82) is 0 Å². The molecule has 0 aliphatic carbocycles. The molecule has 5 nitrogen and oxygen atoms in total. The molecule has 2 aromatic heterocycles. The molecule has 17 heavy (non-hydrogen) atoms. The highest BCUT2D eigenvalue weighted by Crippen LogP contribution is 2.23. The average molecular weight is 235 g/mol. The van der Waals surface area contributed by atoms with Crippen LogP contribution in [0, 0.1) is 6.92 Å². The number of aryl methyl sites for hydroxylation is 1. The first-order chi connectivity index (χ1) is 8.20. The van der Waals surface area contributed by atoms with Crippen LogP contribution in [-0.4, -0.2) is 40.4 Å². The fraction of sp³-hybridized carbons (Fsp3) is 0.417. The summed E-state index contributed by atoms with van der Waals surface area (Å²) in [5.41, 5.74) is 1.97. The van der Waals surface area contributed by atoms with Crippen LogP contribution in [0.25, 0.3) is 11.5 Å². The summed E-state index contributed by atoms with van der Waals surface area (Å²) >= 11 is 0. The topological polar surface area (TPSA) is 65.3 Å². The van der Waals surface area contributed by atoms with E-state index in [9.17, 15) is 0 Å². The van der Waals surface area contributed by atoms with Crippen molar-refractivity contribution in [2.45, 2.75) is 13.5 Å². The van der Waals surface area contributed by atoms with Crippen molar-refractivity contribution >= 4 is 0 Å². The fourth-order valence-electron chi connectivity index (χ4n) is 1.75. The van der Waals surface area contributed by atoms with Gasteiger partial charge in [-0.25, -0.2) is 0 Å². The van der Waals surface area contributed by atoms with Gasteiger partial charge in [-0.15, -0.1) is 0 Å². The van der Waals surface area contributed by atoms with Crippen molar-refractivity contribution in [1.82, 2.24) is 15.1 Å². The highest BCUT2D eigenvalue weighted by molar-refractivity contribution is 5.56. The molecule has 0 radical (unpaired) electrons. The molecule has 92 valence electrons. The Morgan fingerprint density at radius 1 is 1.47 bits per heavy atom. The molecule has 2 N–H and O–H groups in total. The van der Waals surface area contributed by atoms with E-state index in [4.69, 9.17) is 9.52 Å². The van der Waals surface area contributed by atoms with Gasteiger partial charge >= 0.3 is 0 Å². The molecule has 2 rings (SSSR count). The molecule has 0 aliphatic rings. The number of aromatic nitrogens is 2. The van der Waals surface area contributed by atoms with Gasteiger partial charge < -0.3 is 9.52 Å². The van der Waals surface area contributed by atoms with E-state index in [-0.39, 0.29) is 6.61 Å². The number of nitrogens with zero attached hydrogens (tertiary/aromatic N) is 2. The van der Waals surface area contributed by atoms with Crippen LogP contribution < -0.4 is 0 Å². The van der Waals surface area contributed by atoms with E-state index in [1.54, 1.807) is 6.20 Å². The zero-order valence-electron chi connectivity index (χ0n) is 10.1. The van der Waals surface area contributed by atoms with Gasteiger partial charge in [0.05, 0.1) is 12.8 Å². The number of nitrogens with one attached hydrogen (secondary N) is 1. The van der Waals surface area contributed by atoms with Crippen LogP contribution in [0.1, 0.15) is 11.3 Å². The predicted octanol–water partition coefficient (Wildman–Crippen LogP) is 1.40. The van der Waals surface area contributed by atoms with Crippen LogP contribution in [0.5, 0.6) is 0 Å². The molecule has 0 saturated carbocycles. The lowest BCUT2D eigenvalue weighted by Gasteiger charge is -2.14. The zero-order valence-corrected chi connectivity index (χ0v) is 10.1. The molecule has 0 unspecified atom stereocenters. The SMILES string of the molecule is Cc1ccc(-c2[nH]ncc2CN(C)CCO)o1. The lowest BCUT2D eigenvalue weighted by molar-refractivity contribution is 0.217. The number of hydrogen-bond acceptors (Lipinski definition) is 4. The summed E-state index contributed by atoms with van der Waals surface area (Å²) in [6, 6.07) is 3.86. The van der Waals surface area contributed by atoms with Crippen molar-refractivity contribution < 1.29 is 9.52 Å². The van der Waals surface area contributed by atoms with Crippen molar-refractivity contribution in [2.24, 2.45) is 0 Å². The van der Waals surface area contributed by atoms with E-state index in [1.807, 2.05) is 31.0 Å². The first kappa shape index (κ1) is 11.9. The summed E-state index contributed by atoms with van der Waals surface area (Å²) < 4.78 is 5.57. The quantitative estimate of drug-likeness (QED) is 0.822. The molecule has 0 atom stereocenters. The van der Waals surface area contributed by atoms with Gasteiger partial charge in [0.15, 0.2) is 5.76 Å². The summed E-state index contributed by atoms with van der Waals surface area (Å²) in [5, 5.41) is 15.9. The van der Waals surface area contributed by atoms with E-state index in [0.29, 0.717) is 6.54 Å². The molecule has 5 heteroatoms. The first-order valence-corrected chi connectivity index (χ1v) is 5.59. The molecule has 2 aromatic rings. The molecular weight excluding hydrogens is 218 g/mol. The molecular formula is C12H17N3O2. The third-order valence-corrected chi connectivity index (χ3v) is 2.63. The van der Waals surface area contributed by atoms with Gasteiger partial charge in [0.2, 0.25) is 0 Å². The zero-order chi connectivity index (χ0) is 12.3. The molecule has 2 heterocycles. The predicted molar refractivity (Wildman–Crippen MR) is 64.4 cm³/mol. The molecule has 0 fully saturated rings. The number of H-pyrrole nitrogens is 1. The Morgan fingerprint density at radius 3 is 2.94 bits per heavy atom. The molecule has 0 aliphatic heterocycles. The van der Waals surface area contributed by atoms with Gasteiger partial charge in [0.25, 0.3) is 0 Å². The van der Waals surface area contributed by atoms with Gasteiger partial charge in [-0.3, -0.25) is 10.00 Å². The summed E-state index contributed by atoms with van der Waals surface area (Å²) in [6.45, 7) is 3.44. The van der Waals surface area contributed by atoms with E-state index >= 15 is 0 Å². The van der Waals surface area contributed by atoms with Crippen LogP contribution >= 0.6 is 0 Å². The standard InChI is InChI=1S/C12H17N3O2/c1-9-3-4-11(17-9)12-10(7-13-14-12)8-15(2)5-6-16/h3-4,7,16H,5-6,8H2,1-2H3,(H,13,14). The van der Waals surface area contributed by atoms with E-state index in [0.717, 1.165) is 29.3 Å². The number of furan rings is 1. The number of likely N-dealkylation sites (N-methyl/N-ethyl adjacent to an activating group) is 1. The normalized spacial score (nSPS) is 11.3. The van der Waals surface area contributed by atoms with Crippen LogP contribution in [-0.2, 0) is 6.54 Å². The van der Waals surface area contributed by atoms with Crippen molar-refractivity contribution in [3.63, 3.8) is 0 Å². The van der Waals surface area contributed by atoms with E-state index < -0.39 is 0 Å². The number of aliphatic hydroxyl groups is 1. The number of aliphatic hydroxyl groups excluding tert-OH is 1. The maximum Gasteiger partial charge on any atom is 0.152 e. The minimum atomic E-state index is 0.156. The number of aromatic amines is 1. The van der Waals surface area contributed by atoms with Crippen LogP contribution in [0.3, 0.4) is 0 Å². The minimum Gasteiger partial charge on any atom is -0.460 e. The molecule has 0 aromatic carbocycles. The lowest BCUT2D eigenvalue weighted by atomic mass is 10.2. The molecule has 0 bridgehead atoms. The van der Waals surface area contributed by atoms with Crippen LogP contribution in [0.2, 0.25) is 0 Å². The molecule has 0 spiro atoms. The largest absolute Gasteiger partial charge is 0.460 e. The second-order valence-electron chi connectivity index (χ2n) is 4.14. The minimum absolute atomic E-state index is 0.156. The maximum atomic E-state index is 8.87. The van der Waals surface area contributed by atoms with Crippen LogP contribution in [0.4, 0.5) is 0 Å². The van der Waals surface area contributed by atoms with Gasteiger partial charge in [0.1, 0.15) is 11.5 Å². The number of hydrogen-bond donors (Lipinski definition) is 2. The monoisotopic (exact) mass is 235 g/mol.